The van der Waals surface area contributed by atoms with Crippen LogP contribution in [0.25, 0.3) is 0 Å². The Kier molecular flexibility index (Phi) is 4.20. The van der Waals surface area contributed by atoms with Crippen LogP contribution in [0.15, 0.2) is 4.42 Å². The lowest BCUT2D eigenvalue weighted by molar-refractivity contribution is 0.220. The smallest absolute Gasteiger partial charge is 0.318 e. The van der Waals surface area contributed by atoms with Crippen molar-refractivity contribution in [2.75, 3.05) is 18.0 Å². The first-order valence-corrected chi connectivity index (χ1v) is 8.33. The average molecular weight is 292 g/mol. The second-order valence-corrected chi connectivity index (χ2v) is 7.61. The van der Waals surface area contributed by atoms with Crippen molar-refractivity contribution in [2.24, 2.45) is 11.3 Å². The highest BCUT2D eigenvalue weighted by atomic mass is 16.4. The van der Waals surface area contributed by atoms with Crippen LogP contribution in [0.1, 0.15) is 58.8 Å². The highest BCUT2D eigenvalue weighted by Gasteiger charge is 2.28. The zero-order valence-electron chi connectivity index (χ0n) is 13.6. The van der Waals surface area contributed by atoms with E-state index in [-0.39, 0.29) is 0 Å². The van der Waals surface area contributed by atoms with Crippen molar-refractivity contribution in [3.05, 3.63) is 5.89 Å². The summed E-state index contributed by atoms with van der Waals surface area (Å²) in [7, 11) is 0. The van der Waals surface area contributed by atoms with Crippen LogP contribution >= 0.6 is 0 Å². The number of hydrogen-bond donors (Lipinski definition) is 1. The molecule has 3 rings (SSSR count). The Bertz CT molecular complexity index is 461. The molecule has 118 valence electrons. The Hall–Kier alpha value is -1.10. The predicted octanol–water partition coefficient (Wildman–Crippen LogP) is 2.97. The second kappa shape index (κ2) is 5.95. The first kappa shape index (κ1) is 14.8. The quantitative estimate of drug-likeness (QED) is 0.924. The Morgan fingerprint density at radius 3 is 2.67 bits per heavy atom. The molecule has 1 unspecified atom stereocenters. The van der Waals surface area contributed by atoms with Gasteiger partial charge in [0.25, 0.3) is 0 Å². The van der Waals surface area contributed by atoms with Crippen molar-refractivity contribution in [1.29, 1.82) is 0 Å². The molecule has 0 spiro atoms. The Morgan fingerprint density at radius 2 is 1.95 bits per heavy atom. The molecule has 0 radical (unpaired) electrons. The third-order valence-corrected chi connectivity index (χ3v) is 4.80. The standard InChI is InChI=1S/C16H28N4O/c1-16(2,3)12-5-4-9-20(10-8-12)15-19-18-14(21-15)11-17-13-6-7-13/h12-13,17H,4-11H2,1-3H3. The van der Waals surface area contributed by atoms with Crippen LogP contribution < -0.4 is 10.2 Å². The van der Waals surface area contributed by atoms with Gasteiger partial charge < -0.3 is 14.6 Å². The van der Waals surface area contributed by atoms with E-state index >= 15 is 0 Å². The van der Waals surface area contributed by atoms with E-state index in [1.807, 2.05) is 0 Å². The molecule has 1 aliphatic heterocycles. The maximum Gasteiger partial charge on any atom is 0.318 e. The minimum absolute atomic E-state index is 0.393. The zero-order valence-corrected chi connectivity index (χ0v) is 13.6. The number of aromatic nitrogens is 2. The molecule has 0 aromatic carbocycles. The Morgan fingerprint density at radius 1 is 1.14 bits per heavy atom. The van der Waals surface area contributed by atoms with Gasteiger partial charge in [0.15, 0.2) is 0 Å². The van der Waals surface area contributed by atoms with Gasteiger partial charge in [-0.25, -0.2) is 0 Å². The molecule has 1 saturated heterocycles. The van der Waals surface area contributed by atoms with Gasteiger partial charge in [-0.1, -0.05) is 25.9 Å². The van der Waals surface area contributed by atoms with Crippen molar-refractivity contribution in [2.45, 2.75) is 65.5 Å². The molecule has 1 atom stereocenters. The van der Waals surface area contributed by atoms with Crippen molar-refractivity contribution >= 4 is 6.01 Å². The number of anilines is 1. The van der Waals surface area contributed by atoms with Crippen LogP contribution in [0.4, 0.5) is 6.01 Å². The van der Waals surface area contributed by atoms with Crippen LogP contribution in [0.2, 0.25) is 0 Å². The fourth-order valence-corrected chi connectivity index (χ4v) is 3.12. The van der Waals surface area contributed by atoms with Crippen LogP contribution in [0.3, 0.4) is 0 Å². The molecule has 1 aliphatic carbocycles. The van der Waals surface area contributed by atoms with Gasteiger partial charge in [-0.15, -0.1) is 5.10 Å². The summed E-state index contributed by atoms with van der Waals surface area (Å²) in [6.07, 6.45) is 6.27. The molecule has 5 nitrogen and oxygen atoms in total. The number of nitrogens with zero attached hydrogens (tertiary/aromatic N) is 3. The molecule has 21 heavy (non-hydrogen) atoms. The number of rotatable bonds is 4. The lowest BCUT2D eigenvalue weighted by atomic mass is 9.77. The monoisotopic (exact) mass is 292 g/mol. The van der Waals surface area contributed by atoms with Crippen molar-refractivity contribution in [1.82, 2.24) is 15.5 Å². The van der Waals surface area contributed by atoms with Crippen LogP contribution in [-0.4, -0.2) is 29.3 Å². The SMILES string of the molecule is CC(C)(C)C1CCCN(c2nnc(CNC3CC3)o2)CC1. The van der Waals surface area contributed by atoms with E-state index in [1.165, 1.54) is 32.1 Å². The molecule has 2 aliphatic rings. The molecule has 1 aromatic heterocycles. The van der Waals surface area contributed by atoms with E-state index < -0.39 is 0 Å². The summed E-state index contributed by atoms with van der Waals surface area (Å²) < 4.78 is 5.82. The minimum atomic E-state index is 0.393. The van der Waals surface area contributed by atoms with Crippen molar-refractivity contribution < 1.29 is 4.42 Å². The predicted molar refractivity (Wildman–Crippen MR) is 83.2 cm³/mol. The first-order valence-electron chi connectivity index (χ1n) is 8.33. The van der Waals surface area contributed by atoms with Gasteiger partial charge in [0, 0.05) is 19.1 Å². The molecular weight excluding hydrogens is 264 g/mol. The molecule has 1 aromatic rings. The lowest BCUT2D eigenvalue weighted by Gasteiger charge is -2.29. The lowest BCUT2D eigenvalue weighted by Crippen LogP contribution is -2.26. The van der Waals surface area contributed by atoms with Gasteiger partial charge in [0.05, 0.1) is 6.54 Å². The van der Waals surface area contributed by atoms with Crippen LogP contribution in [-0.2, 0) is 6.54 Å². The van der Waals surface area contributed by atoms with E-state index in [0.29, 0.717) is 29.9 Å². The summed E-state index contributed by atoms with van der Waals surface area (Å²) in [5, 5.41) is 11.8. The third-order valence-electron chi connectivity index (χ3n) is 4.80. The van der Waals surface area contributed by atoms with E-state index in [0.717, 1.165) is 19.0 Å². The summed E-state index contributed by atoms with van der Waals surface area (Å²) in [6.45, 7) is 9.81. The number of nitrogens with one attached hydrogen (secondary N) is 1. The number of hydrogen-bond acceptors (Lipinski definition) is 5. The molecule has 1 N–H and O–H groups in total. The molecule has 0 amide bonds. The Balaban J connectivity index is 1.56. The van der Waals surface area contributed by atoms with E-state index in [4.69, 9.17) is 4.42 Å². The second-order valence-electron chi connectivity index (χ2n) is 7.61. The van der Waals surface area contributed by atoms with E-state index in [2.05, 4.69) is 41.2 Å². The maximum atomic E-state index is 5.82. The summed E-state index contributed by atoms with van der Waals surface area (Å²) >= 11 is 0. The topological polar surface area (TPSA) is 54.2 Å². The van der Waals surface area contributed by atoms with Gasteiger partial charge in [0.1, 0.15) is 0 Å². The largest absolute Gasteiger partial charge is 0.407 e. The molecule has 1 saturated carbocycles. The van der Waals surface area contributed by atoms with Crippen molar-refractivity contribution in [3.63, 3.8) is 0 Å². The third kappa shape index (κ3) is 3.96. The average Bonchev–Trinajstić information content (AvgIpc) is 3.19. The van der Waals surface area contributed by atoms with E-state index in [9.17, 15) is 0 Å². The minimum Gasteiger partial charge on any atom is -0.407 e. The molecule has 5 heteroatoms. The van der Waals surface area contributed by atoms with Crippen LogP contribution in [0.5, 0.6) is 0 Å². The maximum absolute atomic E-state index is 5.82. The van der Waals surface area contributed by atoms with Crippen molar-refractivity contribution in [3.8, 4) is 0 Å². The highest BCUT2D eigenvalue weighted by molar-refractivity contribution is 5.24. The molecular formula is C16H28N4O. The summed E-state index contributed by atoms with van der Waals surface area (Å²) in [5.74, 6) is 1.50. The highest BCUT2D eigenvalue weighted by Crippen LogP contribution is 2.35. The fraction of sp³-hybridized carbons (Fsp3) is 0.875. The summed E-state index contributed by atoms with van der Waals surface area (Å²) in [6, 6.07) is 1.38. The molecule has 2 fully saturated rings. The zero-order chi connectivity index (χ0) is 14.9. The van der Waals surface area contributed by atoms with Crippen LogP contribution in [0, 0.1) is 11.3 Å². The first-order chi connectivity index (χ1) is 10.0. The van der Waals surface area contributed by atoms with Gasteiger partial charge >= 0.3 is 6.01 Å². The van der Waals surface area contributed by atoms with E-state index in [1.54, 1.807) is 0 Å². The normalized spacial score (nSPS) is 24.1. The summed E-state index contributed by atoms with van der Waals surface area (Å²) in [4.78, 5) is 2.26. The van der Waals surface area contributed by atoms with Gasteiger partial charge in [-0.2, -0.15) is 0 Å². The van der Waals surface area contributed by atoms with Gasteiger partial charge in [-0.05, 0) is 43.4 Å². The molecule has 0 bridgehead atoms. The summed E-state index contributed by atoms with van der Waals surface area (Å²) in [5.41, 5.74) is 0.393. The van der Waals surface area contributed by atoms with Gasteiger partial charge in [0.2, 0.25) is 5.89 Å². The fourth-order valence-electron chi connectivity index (χ4n) is 3.12. The Labute approximate surface area is 127 Å². The van der Waals surface area contributed by atoms with Gasteiger partial charge in [-0.3, -0.25) is 0 Å². The molecule has 2 heterocycles.